The second-order valence-electron chi connectivity index (χ2n) is 8.23. The number of aliphatic hydroxyl groups excluding tert-OH is 1. The number of hydrogen-bond acceptors (Lipinski definition) is 7. The van der Waals surface area contributed by atoms with E-state index >= 15 is 0 Å². The van der Waals surface area contributed by atoms with Crippen LogP contribution in [0.25, 0.3) is 0 Å². The molecule has 3 rings (SSSR count). The summed E-state index contributed by atoms with van der Waals surface area (Å²) in [5, 5.41) is 16.4. The molecule has 0 saturated carbocycles. The lowest BCUT2D eigenvalue weighted by Crippen LogP contribution is -2.50. The second-order valence-corrected chi connectivity index (χ2v) is 9.29. The molecule has 1 fully saturated rings. The van der Waals surface area contributed by atoms with Crippen molar-refractivity contribution in [1.82, 2.24) is 14.8 Å². The molecule has 2 heterocycles. The van der Waals surface area contributed by atoms with E-state index in [1.165, 1.54) is 0 Å². The summed E-state index contributed by atoms with van der Waals surface area (Å²) in [6, 6.07) is 6.02. The zero-order valence-corrected chi connectivity index (χ0v) is 19.6. The van der Waals surface area contributed by atoms with Gasteiger partial charge >= 0.3 is 0 Å². The van der Waals surface area contributed by atoms with E-state index < -0.39 is 6.10 Å². The molecule has 8 heteroatoms. The number of thiazole rings is 1. The molecule has 0 unspecified atom stereocenters. The normalized spacial score (nSPS) is 16.4. The Balaban J connectivity index is 1.30. The number of ether oxygens (including phenoxy) is 1. The Labute approximate surface area is 189 Å². The third-order valence-corrected chi connectivity index (χ3v) is 6.35. The molecule has 0 spiro atoms. The van der Waals surface area contributed by atoms with Gasteiger partial charge in [0.25, 0.3) is 0 Å². The van der Waals surface area contributed by atoms with Crippen LogP contribution in [0.3, 0.4) is 0 Å². The van der Waals surface area contributed by atoms with E-state index in [-0.39, 0.29) is 5.91 Å². The number of anilines is 1. The predicted molar refractivity (Wildman–Crippen MR) is 125 cm³/mol. The van der Waals surface area contributed by atoms with Crippen molar-refractivity contribution in [3.63, 3.8) is 0 Å². The SMILES string of the molecule is Cc1nc(CCOC[C@@H](O)CN2CCN(CC(=O)Nc3c(C)cccc3C)CC2)cs1. The number of aromatic nitrogens is 1. The number of nitrogens with one attached hydrogen (secondary N) is 1. The smallest absolute Gasteiger partial charge is 0.238 e. The number of carbonyl (C=O) groups is 1. The quantitative estimate of drug-likeness (QED) is 0.545. The molecule has 1 aliphatic rings. The lowest BCUT2D eigenvalue weighted by molar-refractivity contribution is -0.117. The van der Waals surface area contributed by atoms with E-state index in [0.29, 0.717) is 26.3 Å². The van der Waals surface area contributed by atoms with E-state index in [0.717, 1.165) is 60.1 Å². The fraction of sp³-hybridized carbons (Fsp3) is 0.565. The van der Waals surface area contributed by atoms with Crippen molar-refractivity contribution in [3.05, 3.63) is 45.4 Å². The van der Waals surface area contributed by atoms with Gasteiger partial charge in [-0.25, -0.2) is 4.98 Å². The number of hydrogen-bond donors (Lipinski definition) is 2. The number of para-hydroxylation sites is 1. The van der Waals surface area contributed by atoms with E-state index in [1.54, 1.807) is 11.3 Å². The van der Waals surface area contributed by atoms with Crippen LogP contribution in [0.5, 0.6) is 0 Å². The van der Waals surface area contributed by atoms with Crippen LogP contribution in [-0.4, -0.2) is 84.4 Å². The molecule has 7 nitrogen and oxygen atoms in total. The molecule has 0 bridgehead atoms. The van der Waals surface area contributed by atoms with Crippen LogP contribution in [0.1, 0.15) is 21.8 Å². The first-order valence-electron chi connectivity index (χ1n) is 10.9. The molecular weight excluding hydrogens is 412 g/mol. The summed E-state index contributed by atoms with van der Waals surface area (Å²) < 4.78 is 5.62. The van der Waals surface area contributed by atoms with Gasteiger partial charge in [0.2, 0.25) is 5.91 Å². The molecule has 1 amide bonds. The first kappa shape index (κ1) is 23.8. The topological polar surface area (TPSA) is 77.9 Å². The monoisotopic (exact) mass is 446 g/mol. The fourth-order valence-corrected chi connectivity index (χ4v) is 4.44. The van der Waals surface area contributed by atoms with Crippen LogP contribution >= 0.6 is 11.3 Å². The molecule has 2 aromatic rings. The van der Waals surface area contributed by atoms with E-state index in [9.17, 15) is 9.90 Å². The van der Waals surface area contributed by atoms with Gasteiger partial charge in [-0.1, -0.05) is 18.2 Å². The van der Waals surface area contributed by atoms with Gasteiger partial charge in [-0.3, -0.25) is 14.6 Å². The Morgan fingerprint density at radius 2 is 1.87 bits per heavy atom. The number of amides is 1. The van der Waals surface area contributed by atoms with Crippen LogP contribution in [0.15, 0.2) is 23.6 Å². The number of aliphatic hydroxyl groups is 1. The summed E-state index contributed by atoms with van der Waals surface area (Å²) in [6.45, 7) is 11.2. The number of aryl methyl sites for hydroxylation is 3. The predicted octanol–water partition coefficient (Wildman–Crippen LogP) is 2.24. The Morgan fingerprint density at radius 3 is 2.52 bits per heavy atom. The molecule has 1 aromatic carbocycles. The van der Waals surface area contributed by atoms with Gasteiger partial charge in [-0.2, -0.15) is 0 Å². The maximum atomic E-state index is 12.5. The number of piperazine rings is 1. The molecule has 170 valence electrons. The molecular formula is C23H34N4O3S. The molecule has 2 N–H and O–H groups in total. The fourth-order valence-electron chi connectivity index (χ4n) is 3.79. The highest BCUT2D eigenvalue weighted by Gasteiger charge is 2.21. The highest BCUT2D eigenvalue weighted by Crippen LogP contribution is 2.19. The maximum Gasteiger partial charge on any atom is 0.238 e. The number of β-amino-alcohol motifs (C(OH)–C–C–N with tert-alkyl or cyclic N) is 1. The minimum atomic E-state index is -0.504. The van der Waals surface area contributed by atoms with Crippen molar-refractivity contribution in [2.45, 2.75) is 33.3 Å². The molecule has 0 aliphatic carbocycles. The molecule has 1 aliphatic heterocycles. The van der Waals surface area contributed by atoms with Crippen molar-refractivity contribution in [3.8, 4) is 0 Å². The highest BCUT2D eigenvalue weighted by molar-refractivity contribution is 7.09. The number of carbonyl (C=O) groups excluding carboxylic acids is 1. The number of rotatable bonds is 10. The first-order chi connectivity index (χ1) is 14.9. The molecule has 1 atom stereocenters. The highest BCUT2D eigenvalue weighted by atomic mass is 32.1. The number of nitrogens with zero attached hydrogens (tertiary/aromatic N) is 3. The third-order valence-electron chi connectivity index (χ3n) is 5.53. The summed E-state index contributed by atoms with van der Waals surface area (Å²) in [5.41, 5.74) is 4.13. The van der Waals surface area contributed by atoms with Crippen molar-refractivity contribution in [1.29, 1.82) is 0 Å². The van der Waals surface area contributed by atoms with Gasteiger partial charge in [0.1, 0.15) is 0 Å². The van der Waals surface area contributed by atoms with Gasteiger partial charge in [-0.15, -0.1) is 11.3 Å². The van der Waals surface area contributed by atoms with E-state index in [2.05, 4.69) is 25.5 Å². The van der Waals surface area contributed by atoms with Gasteiger partial charge in [0, 0.05) is 50.2 Å². The largest absolute Gasteiger partial charge is 0.389 e. The van der Waals surface area contributed by atoms with Crippen LogP contribution in [0, 0.1) is 20.8 Å². The summed E-state index contributed by atoms with van der Waals surface area (Å²) in [7, 11) is 0. The minimum absolute atomic E-state index is 0.0228. The van der Waals surface area contributed by atoms with Gasteiger partial charge in [-0.05, 0) is 31.9 Å². The zero-order chi connectivity index (χ0) is 22.2. The summed E-state index contributed by atoms with van der Waals surface area (Å²) in [5.74, 6) is 0.0228. The second kappa shape index (κ2) is 11.7. The van der Waals surface area contributed by atoms with Crippen molar-refractivity contribution < 1.29 is 14.6 Å². The lowest BCUT2D eigenvalue weighted by atomic mass is 10.1. The Morgan fingerprint density at radius 1 is 1.19 bits per heavy atom. The molecule has 1 saturated heterocycles. The van der Waals surface area contributed by atoms with Crippen molar-refractivity contribution >= 4 is 22.9 Å². The van der Waals surface area contributed by atoms with Crippen molar-refractivity contribution in [2.75, 3.05) is 57.8 Å². The van der Waals surface area contributed by atoms with E-state index in [1.807, 2.05) is 39.0 Å². The van der Waals surface area contributed by atoms with Crippen molar-refractivity contribution in [2.24, 2.45) is 0 Å². The Hall–Kier alpha value is -1.84. The average molecular weight is 447 g/mol. The lowest BCUT2D eigenvalue weighted by Gasteiger charge is -2.35. The van der Waals surface area contributed by atoms with E-state index in [4.69, 9.17) is 4.74 Å². The van der Waals surface area contributed by atoms with Gasteiger partial charge in [0.15, 0.2) is 0 Å². The maximum absolute atomic E-state index is 12.5. The number of benzene rings is 1. The zero-order valence-electron chi connectivity index (χ0n) is 18.8. The summed E-state index contributed by atoms with van der Waals surface area (Å²) >= 11 is 1.65. The minimum Gasteiger partial charge on any atom is -0.389 e. The summed E-state index contributed by atoms with van der Waals surface area (Å²) in [4.78, 5) is 21.3. The van der Waals surface area contributed by atoms with Gasteiger partial charge < -0.3 is 15.2 Å². The van der Waals surface area contributed by atoms with Crippen LogP contribution < -0.4 is 5.32 Å². The van der Waals surface area contributed by atoms with Gasteiger partial charge in [0.05, 0.1) is 36.6 Å². The molecule has 31 heavy (non-hydrogen) atoms. The van der Waals surface area contributed by atoms with Crippen LogP contribution in [0.2, 0.25) is 0 Å². The summed E-state index contributed by atoms with van der Waals surface area (Å²) in [6.07, 6.45) is 0.274. The Bertz CT molecular complexity index is 829. The van der Waals surface area contributed by atoms with Crippen LogP contribution in [0.4, 0.5) is 5.69 Å². The van der Waals surface area contributed by atoms with Crippen LogP contribution in [-0.2, 0) is 16.0 Å². The standard InChI is InChI=1S/C23H34N4O3S/c1-17-5-4-6-18(2)23(17)25-22(29)14-27-10-8-26(9-11-27)13-21(28)15-30-12-7-20-16-31-19(3)24-20/h4-6,16,21,28H,7-15H2,1-3H3,(H,25,29)/t21-/m0/s1. The molecule has 1 aromatic heterocycles. The molecule has 0 radical (unpaired) electrons. The average Bonchev–Trinajstić information content (AvgIpc) is 3.15. The third kappa shape index (κ3) is 7.66. The first-order valence-corrected chi connectivity index (χ1v) is 11.8. The Kier molecular flexibility index (Phi) is 8.98.